The quantitative estimate of drug-likeness (QED) is 0.127. The Balaban J connectivity index is 1.89. The van der Waals surface area contributed by atoms with Crippen LogP contribution in [0.2, 0.25) is 0 Å². The highest BCUT2D eigenvalue weighted by Crippen LogP contribution is 2.48. The number of rotatable bonds is 8. The molecule has 1 aliphatic carbocycles. The van der Waals surface area contributed by atoms with Crippen LogP contribution in [0.25, 0.3) is 0 Å². The Kier molecular flexibility index (Phi) is 15.0. The van der Waals surface area contributed by atoms with Crippen molar-refractivity contribution in [1.29, 1.82) is 0 Å². The molecule has 0 aromatic heterocycles. The van der Waals surface area contributed by atoms with Crippen LogP contribution in [-0.4, -0.2) is 109 Å². The molecule has 0 radical (unpaired) electrons. The van der Waals surface area contributed by atoms with Gasteiger partial charge in [-0.25, -0.2) is 0 Å². The molecule has 4 aliphatic rings. The number of carbonyl (C=O) groups excluding carboxylic acids is 4. The molecule has 0 spiro atoms. The molecule has 1 aromatic rings. The van der Waals surface area contributed by atoms with Crippen LogP contribution in [0.1, 0.15) is 80.3 Å². The molecular weight excluding hydrogens is 744 g/mol. The number of phenols is 1. The lowest BCUT2D eigenvalue weighted by Gasteiger charge is -2.38. The number of amides is 1. The van der Waals surface area contributed by atoms with Gasteiger partial charge in [-0.1, -0.05) is 51.1 Å². The fraction of sp³-hybridized carbons (Fsp3) is 0.537. The van der Waals surface area contributed by atoms with Crippen LogP contribution in [0.5, 0.6) is 11.5 Å². The van der Waals surface area contributed by atoms with E-state index in [-0.39, 0.29) is 65.0 Å². The Morgan fingerprint density at radius 2 is 1.67 bits per heavy atom. The number of carbonyl (C=O) groups is 4. The summed E-state index contributed by atoms with van der Waals surface area (Å²) >= 11 is 0. The van der Waals surface area contributed by atoms with E-state index in [2.05, 4.69) is 10.5 Å². The molecule has 3 heterocycles. The van der Waals surface area contributed by atoms with Crippen LogP contribution >= 0.6 is 0 Å². The van der Waals surface area contributed by atoms with Gasteiger partial charge in [0.2, 0.25) is 12.6 Å². The van der Waals surface area contributed by atoms with Crippen LogP contribution in [0, 0.1) is 30.6 Å². The van der Waals surface area contributed by atoms with E-state index in [0.717, 1.165) is 6.08 Å². The monoisotopic (exact) mass is 798 g/mol. The predicted molar refractivity (Wildman–Crippen MR) is 205 cm³/mol. The van der Waals surface area contributed by atoms with E-state index >= 15 is 0 Å². The van der Waals surface area contributed by atoms with Gasteiger partial charge in [0.05, 0.1) is 60.2 Å². The lowest BCUT2D eigenvalue weighted by Crippen LogP contribution is -2.46. The fourth-order valence-corrected chi connectivity index (χ4v) is 7.09. The van der Waals surface area contributed by atoms with Gasteiger partial charge < -0.3 is 53.9 Å². The molecule has 5 bridgehead atoms. The number of allylic oxidation sites excluding steroid dienone is 4. The molecule has 1 aromatic carbocycles. The number of fused-ring (bicyclic) bond motifs is 14. The number of esters is 1. The van der Waals surface area contributed by atoms with Gasteiger partial charge in [0, 0.05) is 69.0 Å². The third-order valence-electron chi connectivity index (χ3n) is 10.6. The number of nitrogens with zero attached hydrogens (tertiary/aromatic N) is 1. The van der Waals surface area contributed by atoms with E-state index in [1.165, 1.54) is 60.3 Å². The first kappa shape index (κ1) is 44.8. The maximum atomic E-state index is 14.0. The molecule has 0 saturated heterocycles. The molecule has 312 valence electrons. The highest BCUT2D eigenvalue weighted by atomic mass is 16.8. The van der Waals surface area contributed by atoms with E-state index in [0.29, 0.717) is 0 Å². The molecule has 0 saturated carbocycles. The van der Waals surface area contributed by atoms with Gasteiger partial charge in [-0.15, -0.1) is 0 Å². The number of Topliss-reactive ketones (excluding diaryl/α,β-unsaturated/α-hetero) is 1. The number of phenolic OH excluding ortho intramolecular Hbond substituents is 1. The highest BCUT2D eigenvalue weighted by molar-refractivity contribution is 6.31. The second-order valence-electron chi connectivity index (χ2n) is 14.6. The molecule has 9 atom stereocenters. The van der Waals surface area contributed by atoms with Crippen molar-refractivity contribution in [2.45, 2.75) is 85.6 Å². The maximum Gasteiger partial charge on any atom is 0.302 e. The predicted octanol–water partition coefficient (Wildman–Crippen LogP) is 3.79. The zero-order valence-corrected chi connectivity index (χ0v) is 34.0. The number of aliphatic hydroxyl groups excluding tert-OH is 2. The number of aliphatic hydroxyl groups is 2. The van der Waals surface area contributed by atoms with Gasteiger partial charge in [-0.05, 0) is 19.9 Å². The lowest BCUT2D eigenvalue weighted by molar-refractivity contribution is -0.160. The zero-order valence-electron chi connectivity index (χ0n) is 34.0. The summed E-state index contributed by atoms with van der Waals surface area (Å²) in [6.45, 7) is 12.8. The van der Waals surface area contributed by atoms with Crippen molar-refractivity contribution >= 4 is 29.2 Å². The summed E-state index contributed by atoms with van der Waals surface area (Å²) in [6, 6.07) is 0. The molecule has 57 heavy (non-hydrogen) atoms. The smallest absolute Gasteiger partial charge is 0.302 e. The highest BCUT2D eigenvalue weighted by Gasteiger charge is 2.51. The van der Waals surface area contributed by atoms with Gasteiger partial charge >= 0.3 is 5.97 Å². The SMILES string of the molecule is COCCOCON=C1c2c3c(C)c(O)c4c2C(=O)C=C(NC(=O)C(C)=CC=C[C@H](C)[C@H](O)[C@@H](C)[C@@H](O)[C@@H](C)[C@H](OC(C)=O)[C@H](C)[C@@H](OC)C=CO[C@@]1(C)O3)C4=O. The van der Waals surface area contributed by atoms with Crippen molar-refractivity contribution in [1.82, 2.24) is 5.32 Å². The van der Waals surface area contributed by atoms with Crippen LogP contribution in [0.3, 0.4) is 0 Å². The average molecular weight is 799 g/mol. The number of methoxy groups -OCH3 is 2. The van der Waals surface area contributed by atoms with Crippen molar-refractivity contribution in [3.8, 4) is 11.5 Å². The molecule has 5 rings (SSSR count). The topological polar surface area (TPSA) is 218 Å². The van der Waals surface area contributed by atoms with E-state index in [1.807, 2.05) is 0 Å². The first-order valence-electron chi connectivity index (χ1n) is 18.6. The Morgan fingerprint density at radius 1 is 0.965 bits per heavy atom. The second-order valence-corrected chi connectivity index (χ2v) is 14.6. The molecule has 16 heteroatoms. The molecule has 3 aliphatic heterocycles. The first-order chi connectivity index (χ1) is 26.9. The molecule has 4 N–H and O–H groups in total. The van der Waals surface area contributed by atoms with Crippen molar-refractivity contribution in [3.05, 3.63) is 70.2 Å². The summed E-state index contributed by atoms with van der Waals surface area (Å²) in [5, 5.41) is 40.9. The summed E-state index contributed by atoms with van der Waals surface area (Å²) in [7, 11) is 2.96. The van der Waals surface area contributed by atoms with Crippen molar-refractivity contribution in [2.75, 3.05) is 34.2 Å². The van der Waals surface area contributed by atoms with Gasteiger partial charge in [-0.2, -0.15) is 0 Å². The fourth-order valence-electron chi connectivity index (χ4n) is 7.09. The molecule has 0 unspecified atom stereocenters. The minimum absolute atomic E-state index is 0.0112. The van der Waals surface area contributed by atoms with Crippen LogP contribution in [0.15, 0.2) is 53.1 Å². The van der Waals surface area contributed by atoms with Crippen molar-refractivity contribution in [2.24, 2.45) is 28.8 Å². The zero-order chi connectivity index (χ0) is 42.4. The Hall–Kier alpha value is -4.87. The largest absolute Gasteiger partial charge is 0.507 e. The number of ketones is 2. The number of benzene rings is 1. The van der Waals surface area contributed by atoms with Gasteiger partial charge in [0.15, 0.2) is 11.5 Å². The van der Waals surface area contributed by atoms with Crippen molar-refractivity contribution in [3.63, 3.8) is 0 Å². The normalized spacial score (nSPS) is 30.3. The van der Waals surface area contributed by atoms with Crippen LogP contribution in [0.4, 0.5) is 0 Å². The Morgan fingerprint density at radius 3 is 2.32 bits per heavy atom. The minimum atomic E-state index is -1.84. The molecule has 1 amide bonds. The average Bonchev–Trinajstić information content (AvgIpc) is 3.46. The van der Waals surface area contributed by atoms with Gasteiger partial charge in [-0.3, -0.25) is 19.2 Å². The molecule has 0 fully saturated rings. The van der Waals surface area contributed by atoms with Crippen molar-refractivity contribution < 1.29 is 67.8 Å². The number of aromatic hydroxyl groups is 1. The van der Waals surface area contributed by atoms with Gasteiger partial charge in [0.25, 0.3) is 11.7 Å². The number of ether oxygens (including phenoxy) is 6. The van der Waals surface area contributed by atoms with E-state index < -0.39 is 83.1 Å². The number of hydrogen-bond donors (Lipinski definition) is 4. The van der Waals surface area contributed by atoms with Gasteiger partial charge in [0.1, 0.15) is 17.6 Å². The van der Waals surface area contributed by atoms with E-state index in [9.17, 15) is 34.5 Å². The third-order valence-corrected chi connectivity index (χ3v) is 10.6. The second kappa shape index (κ2) is 19.0. The van der Waals surface area contributed by atoms with Crippen LogP contribution in [-0.2, 0) is 38.1 Å². The van der Waals surface area contributed by atoms with E-state index in [1.54, 1.807) is 39.8 Å². The summed E-state index contributed by atoms with van der Waals surface area (Å²) in [5.74, 6) is -7.72. The summed E-state index contributed by atoms with van der Waals surface area (Å²) in [4.78, 5) is 59.0. The number of hydrogen-bond acceptors (Lipinski definition) is 15. The number of nitrogens with one attached hydrogen (secondary N) is 1. The summed E-state index contributed by atoms with van der Waals surface area (Å²) in [6.07, 6.45) is 4.59. The minimum Gasteiger partial charge on any atom is -0.507 e. The Labute approximate surface area is 332 Å². The first-order valence-corrected chi connectivity index (χ1v) is 18.6. The van der Waals surface area contributed by atoms with Crippen LogP contribution < -0.4 is 10.1 Å². The maximum absolute atomic E-state index is 14.0. The summed E-state index contributed by atoms with van der Waals surface area (Å²) < 4.78 is 34.4. The number of oxime groups is 1. The molecule has 16 nitrogen and oxygen atoms in total. The standard InChI is InChI=1S/C41H54N2O14/c1-20-12-11-13-21(2)40(50)42-27-18-28(45)30-31(36(27)49)35(48)25(6)38-32(30)39(43-55-19-53-17-16-51-9)41(8,57-38)54-15-14-29(52-10)22(3)37(56-26(7)44)24(5)34(47)23(4)33(20)46/h11-15,18,20,22-24,29,33-34,37,46-48H,16-17,19H2,1-10H3,(H,42,50)/t20-,22+,23+,24+,29-,33-,34+,37+,41-/m0/s1. The lowest BCUT2D eigenvalue weighted by atomic mass is 9.78. The Bertz CT molecular complexity index is 1860. The third kappa shape index (κ3) is 9.64. The molecular formula is C41H54N2O14. The van der Waals surface area contributed by atoms with E-state index in [4.69, 9.17) is 33.3 Å². The summed E-state index contributed by atoms with van der Waals surface area (Å²) in [5.41, 5.74) is -0.828.